The molecular formula is C27H40N10O4. The van der Waals surface area contributed by atoms with Crippen molar-refractivity contribution in [3.8, 4) is 0 Å². The van der Waals surface area contributed by atoms with E-state index in [-0.39, 0.29) is 35.7 Å². The Bertz CT molecular complexity index is 1280. The van der Waals surface area contributed by atoms with Crippen LogP contribution in [0.25, 0.3) is 0 Å². The fourth-order valence-electron chi connectivity index (χ4n) is 5.60. The molecule has 0 saturated carbocycles. The zero-order valence-electron chi connectivity index (χ0n) is 24.2. The second-order valence-corrected chi connectivity index (χ2v) is 12.0. The van der Waals surface area contributed by atoms with Gasteiger partial charge in [0.15, 0.2) is 11.5 Å². The van der Waals surface area contributed by atoms with Crippen molar-refractivity contribution in [2.75, 3.05) is 56.5 Å². The Morgan fingerprint density at radius 3 is 2.46 bits per heavy atom. The summed E-state index contributed by atoms with van der Waals surface area (Å²) in [4.78, 5) is 53.7. The van der Waals surface area contributed by atoms with Crippen molar-refractivity contribution >= 4 is 35.4 Å². The number of anilines is 3. The second kappa shape index (κ2) is 11.4. The molecule has 3 N–H and O–H groups in total. The molecule has 4 amide bonds. The van der Waals surface area contributed by atoms with Crippen molar-refractivity contribution in [1.82, 2.24) is 34.4 Å². The van der Waals surface area contributed by atoms with Crippen LogP contribution in [0.2, 0.25) is 0 Å². The number of likely N-dealkylation sites (N-methyl/N-ethyl adjacent to an activating group) is 1. The van der Waals surface area contributed by atoms with Gasteiger partial charge in [-0.05, 0) is 46.5 Å². The number of likely N-dealkylation sites (tertiary alicyclic amines) is 1. The largest absolute Gasteiger partial charge is 0.444 e. The van der Waals surface area contributed by atoms with Gasteiger partial charge in [-0.25, -0.2) is 19.6 Å². The third-order valence-corrected chi connectivity index (χ3v) is 7.76. The van der Waals surface area contributed by atoms with Crippen molar-refractivity contribution in [3.63, 3.8) is 0 Å². The van der Waals surface area contributed by atoms with E-state index in [2.05, 4.69) is 20.3 Å². The molecule has 3 fully saturated rings. The number of piperidine rings is 2. The van der Waals surface area contributed by atoms with Gasteiger partial charge in [-0.15, -0.1) is 0 Å². The lowest BCUT2D eigenvalue weighted by atomic mass is 10.0. The first-order valence-electron chi connectivity index (χ1n) is 14.2. The number of ether oxygens (including phenoxy) is 1. The first-order chi connectivity index (χ1) is 19.5. The average Bonchev–Trinajstić information content (AvgIpc) is 3.54. The van der Waals surface area contributed by atoms with Gasteiger partial charge < -0.3 is 35.4 Å². The fourth-order valence-corrected chi connectivity index (χ4v) is 5.60. The highest BCUT2D eigenvalue weighted by Crippen LogP contribution is 2.28. The standard InChI is InChI=1S/C27H40N10O4/c1-27(2,3)41-26(40)34-10-7-19(8-11-34)37-16-18(14-30-37)31-24-22(23(28)38)29-15-21(32-24)35-9-5-6-20(17-35)36-13-12-33(4)25(36)39/h14-16,19-20H,5-13,17H2,1-4H3,(H2,28,38)(H,31,32)/t20-/m1/s1. The van der Waals surface area contributed by atoms with Gasteiger partial charge in [0.05, 0.1) is 30.2 Å². The number of rotatable bonds is 6. The van der Waals surface area contributed by atoms with E-state index in [1.165, 1.54) is 0 Å². The number of carbonyl (C=O) groups is 3. The summed E-state index contributed by atoms with van der Waals surface area (Å²) in [6, 6.07) is 0.270. The monoisotopic (exact) mass is 568 g/mol. The minimum Gasteiger partial charge on any atom is -0.444 e. The Kier molecular flexibility index (Phi) is 7.91. The summed E-state index contributed by atoms with van der Waals surface area (Å²) in [5.41, 5.74) is 5.78. The lowest BCUT2D eigenvalue weighted by Gasteiger charge is -2.37. The van der Waals surface area contributed by atoms with Crippen molar-refractivity contribution in [3.05, 3.63) is 24.3 Å². The predicted octanol–water partition coefficient (Wildman–Crippen LogP) is 2.42. The van der Waals surface area contributed by atoms with Crippen LogP contribution in [0, 0.1) is 0 Å². The van der Waals surface area contributed by atoms with Crippen LogP contribution in [0.15, 0.2) is 18.6 Å². The van der Waals surface area contributed by atoms with E-state index in [1.54, 1.807) is 22.2 Å². The molecule has 5 heterocycles. The molecule has 5 rings (SSSR count). The van der Waals surface area contributed by atoms with Crippen LogP contribution in [0.4, 0.5) is 26.9 Å². The quantitative estimate of drug-likeness (QED) is 0.534. The topological polar surface area (TPSA) is 155 Å². The van der Waals surface area contributed by atoms with E-state index in [0.29, 0.717) is 31.1 Å². The number of amides is 4. The third-order valence-electron chi connectivity index (χ3n) is 7.76. The van der Waals surface area contributed by atoms with Crippen molar-refractivity contribution in [1.29, 1.82) is 0 Å². The number of hydrogen-bond donors (Lipinski definition) is 2. The molecule has 3 saturated heterocycles. The van der Waals surface area contributed by atoms with Gasteiger partial charge in [-0.1, -0.05) is 0 Å². The highest BCUT2D eigenvalue weighted by molar-refractivity contribution is 5.96. The van der Waals surface area contributed by atoms with E-state index >= 15 is 0 Å². The molecule has 222 valence electrons. The average molecular weight is 569 g/mol. The van der Waals surface area contributed by atoms with Gasteiger partial charge in [0, 0.05) is 52.5 Å². The minimum atomic E-state index is -0.685. The molecule has 0 aliphatic carbocycles. The highest BCUT2D eigenvalue weighted by Gasteiger charge is 2.35. The first kappa shape index (κ1) is 28.4. The number of urea groups is 1. The summed E-state index contributed by atoms with van der Waals surface area (Å²) in [7, 11) is 1.82. The Morgan fingerprint density at radius 2 is 1.80 bits per heavy atom. The highest BCUT2D eigenvalue weighted by atomic mass is 16.6. The molecule has 2 aromatic rings. The zero-order valence-corrected chi connectivity index (χ0v) is 24.2. The number of nitrogens with two attached hydrogens (primary N) is 1. The molecule has 14 nitrogen and oxygen atoms in total. The zero-order chi connectivity index (χ0) is 29.3. The SMILES string of the molecule is CN1CCN([C@@H]2CCCN(c3cnc(C(N)=O)c(Nc4cnn(C5CCN(C(=O)OC(C)(C)C)CC5)c4)n3)C2)C1=O. The van der Waals surface area contributed by atoms with Crippen molar-refractivity contribution < 1.29 is 19.1 Å². The van der Waals surface area contributed by atoms with Crippen molar-refractivity contribution in [2.45, 2.75) is 64.1 Å². The van der Waals surface area contributed by atoms with E-state index in [0.717, 1.165) is 45.3 Å². The molecular weight excluding hydrogens is 528 g/mol. The van der Waals surface area contributed by atoms with Crippen LogP contribution in [-0.2, 0) is 4.74 Å². The molecule has 41 heavy (non-hydrogen) atoms. The number of nitrogens with zero attached hydrogens (tertiary/aromatic N) is 8. The lowest BCUT2D eigenvalue weighted by Crippen LogP contribution is -2.49. The maximum absolute atomic E-state index is 12.5. The summed E-state index contributed by atoms with van der Waals surface area (Å²) in [5.74, 6) is 0.188. The predicted molar refractivity (Wildman–Crippen MR) is 152 cm³/mol. The summed E-state index contributed by atoms with van der Waals surface area (Å²) in [6.45, 7) is 9.61. The van der Waals surface area contributed by atoms with E-state index in [4.69, 9.17) is 15.5 Å². The molecule has 1 atom stereocenters. The van der Waals surface area contributed by atoms with E-state index in [1.807, 2.05) is 43.6 Å². The minimum absolute atomic E-state index is 0.0390. The molecule has 3 aliphatic heterocycles. The van der Waals surface area contributed by atoms with Crippen LogP contribution in [0.1, 0.15) is 63.0 Å². The molecule has 0 radical (unpaired) electrons. The normalized spacial score (nSPS) is 20.5. The van der Waals surface area contributed by atoms with Gasteiger partial charge in [0.2, 0.25) is 0 Å². The number of hydrogen-bond acceptors (Lipinski definition) is 9. The molecule has 2 aromatic heterocycles. The molecule has 14 heteroatoms. The van der Waals surface area contributed by atoms with Crippen LogP contribution in [0.5, 0.6) is 0 Å². The summed E-state index contributed by atoms with van der Waals surface area (Å²) in [6.07, 6.45) is 8.14. The number of primary amides is 1. The molecule has 3 aliphatic rings. The Hall–Kier alpha value is -4.10. The second-order valence-electron chi connectivity index (χ2n) is 12.0. The van der Waals surface area contributed by atoms with Gasteiger partial charge in [0.1, 0.15) is 11.4 Å². The smallest absolute Gasteiger partial charge is 0.410 e. The van der Waals surface area contributed by atoms with E-state index < -0.39 is 11.5 Å². The van der Waals surface area contributed by atoms with Crippen LogP contribution >= 0.6 is 0 Å². The first-order valence-corrected chi connectivity index (χ1v) is 14.2. The molecule has 0 bridgehead atoms. The number of aromatic nitrogens is 4. The summed E-state index contributed by atoms with van der Waals surface area (Å²) >= 11 is 0. The van der Waals surface area contributed by atoms with Crippen LogP contribution in [0.3, 0.4) is 0 Å². The van der Waals surface area contributed by atoms with Gasteiger partial charge >= 0.3 is 12.1 Å². The fraction of sp³-hybridized carbons (Fsp3) is 0.630. The number of carbonyl (C=O) groups excluding carboxylic acids is 3. The van der Waals surface area contributed by atoms with Crippen LogP contribution < -0.4 is 16.0 Å². The van der Waals surface area contributed by atoms with Gasteiger partial charge in [-0.3, -0.25) is 9.48 Å². The molecule has 0 unspecified atom stereocenters. The Balaban J connectivity index is 1.25. The summed E-state index contributed by atoms with van der Waals surface area (Å²) in [5, 5.41) is 7.71. The molecule has 0 aromatic carbocycles. The van der Waals surface area contributed by atoms with Gasteiger partial charge in [-0.2, -0.15) is 5.10 Å². The maximum atomic E-state index is 12.5. The Morgan fingerprint density at radius 1 is 1.05 bits per heavy atom. The lowest BCUT2D eigenvalue weighted by molar-refractivity contribution is 0.0184. The molecule has 0 spiro atoms. The van der Waals surface area contributed by atoms with Gasteiger partial charge in [0.25, 0.3) is 5.91 Å². The number of nitrogens with one attached hydrogen (secondary N) is 1. The Labute approximate surface area is 239 Å². The van der Waals surface area contributed by atoms with Crippen LogP contribution in [-0.4, -0.2) is 110 Å². The summed E-state index contributed by atoms with van der Waals surface area (Å²) < 4.78 is 7.36. The van der Waals surface area contributed by atoms with Crippen molar-refractivity contribution in [2.24, 2.45) is 5.73 Å². The third kappa shape index (κ3) is 6.46. The maximum Gasteiger partial charge on any atom is 0.410 e. The van der Waals surface area contributed by atoms with E-state index in [9.17, 15) is 14.4 Å².